The normalized spacial score (nSPS) is 16.1. The first kappa shape index (κ1) is 19.2. The lowest BCUT2D eigenvalue weighted by atomic mass is 9.95. The van der Waals surface area contributed by atoms with Crippen molar-refractivity contribution in [2.24, 2.45) is 11.8 Å². The van der Waals surface area contributed by atoms with Gasteiger partial charge in [0.1, 0.15) is 0 Å². The summed E-state index contributed by atoms with van der Waals surface area (Å²) in [6.07, 6.45) is -0.682. The number of hydrogen-bond donors (Lipinski definition) is 1. The summed E-state index contributed by atoms with van der Waals surface area (Å²) in [5.74, 6) is -0.470. The standard InChI is InChI=1S/C18H28O3S/c1-13(11-21-12-15-9-7-6-8-10-15)16(19)14(2)17(20)22-18(3,4)5/h6-10,13-14,16,19H,11-12H2,1-5H3/t13-,14-,16-/m1/s1. The SMILES string of the molecule is C[C@H](COCc1ccccc1)[C@@H](O)[C@@H](C)C(=O)SC(C)(C)C. The number of benzene rings is 1. The van der Waals surface area contributed by atoms with Crippen LogP contribution in [0.3, 0.4) is 0 Å². The van der Waals surface area contributed by atoms with E-state index in [1.165, 1.54) is 11.8 Å². The maximum atomic E-state index is 12.2. The molecule has 0 heterocycles. The molecular formula is C18H28O3S. The summed E-state index contributed by atoms with van der Waals surface area (Å²) >= 11 is 1.29. The molecule has 1 N–H and O–H groups in total. The van der Waals surface area contributed by atoms with Crippen LogP contribution in [0.2, 0.25) is 0 Å². The van der Waals surface area contributed by atoms with Crippen molar-refractivity contribution in [1.82, 2.24) is 0 Å². The smallest absolute Gasteiger partial charge is 0.194 e. The molecular weight excluding hydrogens is 296 g/mol. The van der Waals surface area contributed by atoms with Gasteiger partial charge in [-0.1, -0.05) is 76.7 Å². The molecule has 0 fully saturated rings. The van der Waals surface area contributed by atoms with Crippen molar-refractivity contribution in [2.45, 2.75) is 52.1 Å². The van der Waals surface area contributed by atoms with Gasteiger partial charge in [0.05, 0.1) is 25.2 Å². The molecule has 0 aliphatic rings. The number of hydrogen-bond acceptors (Lipinski definition) is 4. The number of carbonyl (C=O) groups is 1. The molecule has 0 spiro atoms. The lowest BCUT2D eigenvalue weighted by Crippen LogP contribution is -2.33. The maximum Gasteiger partial charge on any atom is 0.194 e. The Morgan fingerprint density at radius 1 is 1.23 bits per heavy atom. The van der Waals surface area contributed by atoms with Crippen LogP contribution < -0.4 is 0 Å². The maximum absolute atomic E-state index is 12.2. The Morgan fingerprint density at radius 2 is 1.82 bits per heavy atom. The third kappa shape index (κ3) is 6.95. The summed E-state index contributed by atoms with van der Waals surface area (Å²) in [7, 11) is 0. The van der Waals surface area contributed by atoms with Gasteiger partial charge in [0.25, 0.3) is 0 Å². The Labute approximate surface area is 138 Å². The number of aliphatic hydroxyl groups is 1. The van der Waals surface area contributed by atoms with Crippen molar-refractivity contribution in [2.75, 3.05) is 6.61 Å². The molecule has 0 unspecified atom stereocenters. The molecule has 0 saturated carbocycles. The Morgan fingerprint density at radius 3 is 2.36 bits per heavy atom. The average Bonchev–Trinajstić information content (AvgIpc) is 2.44. The molecule has 3 atom stereocenters. The molecule has 0 aliphatic carbocycles. The molecule has 3 nitrogen and oxygen atoms in total. The Bertz CT molecular complexity index is 453. The highest BCUT2D eigenvalue weighted by atomic mass is 32.2. The lowest BCUT2D eigenvalue weighted by Gasteiger charge is -2.26. The third-order valence-electron chi connectivity index (χ3n) is 3.37. The van der Waals surface area contributed by atoms with E-state index in [-0.39, 0.29) is 21.7 Å². The first-order valence-corrected chi connectivity index (χ1v) is 8.55. The fourth-order valence-electron chi connectivity index (χ4n) is 2.06. The molecule has 22 heavy (non-hydrogen) atoms. The monoisotopic (exact) mass is 324 g/mol. The summed E-state index contributed by atoms with van der Waals surface area (Å²) in [5.41, 5.74) is 1.11. The van der Waals surface area contributed by atoms with E-state index >= 15 is 0 Å². The molecule has 4 heteroatoms. The number of aliphatic hydroxyl groups excluding tert-OH is 1. The summed E-state index contributed by atoms with van der Waals surface area (Å²) in [4.78, 5) is 12.2. The predicted octanol–water partition coefficient (Wildman–Crippen LogP) is 3.89. The Balaban J connectivity index is 2.40. The fraction of sp³-hybridized carbons (Fsp3) is 0.611. The molecule has 0 radical (unpaired) electrons. The number of ether oxygens (including phenoxy) is 1. The molecule has 1 aromatic carbocycles. The molecule has 0 amide bonds. The van der Waals surface area contributed by atoms with Crippen LogP contribution in [-0.2, 0) is 16.1 Å². The highest BCUT2D eigenvalue weighted by Gasteiger charge is 2.30. The molecule has 1 rings (SSSR count). The van der Waals surface area contributed by atoms with Gasteiger partial charge in [-0.3, -0.25) is 4.79 Å². The predicted molar refractivity (Wildman–Crippen MR) is 92.8 cm³/mol. The summed E-state index contributed by atoms with van der Waals surface area (Å²) in [6.45, 7) is 10.7. The minimum Gasteiger partial charge on any atom is -0.392 e. The number of carbonyl (C=O) groups excluding carboxylic acids is 1. The zero-order valence-electron chi connectivity index (χ0n) is 14.2. The van der Waals surface area contributed by atoms with E-state index in [0.29, 0.717) is 13.2 Å². The molecule has 0 aromatic heterocycles. The van der Waals surface area contributed by atoms with Crippen molar-refractivity contribution >= 4 is 16.9 Å². The van der Waals surface area contributed by atoms with Gasteiger partial charge >= 0.3 is 0 Å². The van der Waals surface area contributed by atoms with Gasteiger partial charge in [-0.05, 0) is 5.56 Å². The average molecular weight is 324 g/mol. The third-order valence-corrected chi connectivity index (χ3v) is 4.55. The van der Waals surface area contributed by atoms with E-state index in [1.807, 2.05) is 58.0 Å². The number of rotatable bonds is 7. The highest BCUT2D eigenvalue weighted by Crippen LogP contribution is 2.29. The van der Waals surface area contributed by atoms with E-state index in [4.69, 9.17) is 4.74 Å². The van der Waals surface area contributed by atoms with Crippen LogP contribution in [0.15, 0.2) is 30.3 Å². The first-order valence-electron chi connectivity index (χ1n) is 7.73. The van der Waals surface area contributed by atoms with Gasteiger partial charge in [0.2, 0.25) is 0 Å². The largest absolute Gasteiger partial charge is 0.392 e. The summed E-state index contributed by atoms with van der Waals surface area (Å²) in [6, 6.07) is 9.93. The van der Waals surface area contributed by atoms with Gasteiger partial charge in [0, 0.05) is 10.7 Å². The van der Waals surface area contributed by atoms with Crippen LogP contribution in [0.5, 0.6) is 0 Å². The first-order chi connectivity index (χ1) is 10.2. The minimum absolute atomic E-state index is 0.0370. The van der Waals surface area contributed by atoms with Crippen LogP contribution in [-0.4, -0.2) is 27.7 Å². The van der Waals surface area contributed by atoms with Crippen LogP contribution in [0, 0.1) is 11.8 Å². The Kier molecular flexibility index (Phi) is 7.60. The summed E-state index contributed by atoms with van der Waals surface area (Å²) in [5, 5.41) is 10.4. The van der Waals surface area contributed by atoms with Crippen molar-refractivity contribution in [1.29, 1.82) is 0 Å². The van der Waals surface area contributed by atoms with Gasteiger partial charge in [-0.25, -0.2) is 0 Å². The van der Waals surface area contributed by atoms with E-state index in [9.17, 15) is 9.90 Å². The summed E-state index contributed by atoms with van der Waals surface area (Å²) < 4.78 is 5.53. The second-order valence-corrected chi connectivity index (χ2v) is 8.62. The van der Waals surface area contributed by atoms with Crippen LogP contribution in [0.25, 0.3) is 0 Å². The Hall–Kier alpha value is -0.840. The molecule has 124 valence electrons. The van der Waals surface area contributed by atoms with Crippen molar-refractivity contribution in [3.8, 4) is 0 Å². The van der Waals surface area contributed by atoms with Gasteiger partial charge in [-0.2, -0.15) is 0 Å². The van der Waals surface area contributed by atoms with Crippen molar-refractivity contribution < 1.29 is 14.6 Å². The van der Waals surface area contributed by atoms with Crippen LogP contribution in [0.1, 0.15) is 40.2 Å². The molecule has 0 aliphatic heterocycles. The van der Waals surface area contributed by atoms with Gasteiger partial charge in [0.15, 0.2) is 5.12 Å². The van der Waals surface area contributed by atoms with E-state index in [2.05, 4.69) is 0 Å². The second-order valence-electron chi connectivity index (χ2n) is 6.79. The van der Waals surface area contributed by atoms with E-state index < -0.39 is 6.10 Å². The second kappa shape index (κ2) is 8.70. The van der Waals surface area contributed by atoms with Crippen LogP contribution >= 0.6 is 11.8 Å². The highest BCUT2D eigenvalue weighted by molar-refractivity contribution is 8.14. The zero-order chi connectivity index (χ0) is 16.8. The molecule has 0 saturated heterocycles. The fourth-order valence-corrected chi connectivity index (χ4v) is 2.99. The quantitative estimate of drug-likeness (QED) is 0.826. The zero-order valence-corrected chi connectivity index (χ0v) is 15.0. The molecule has 1 aromatic rings. The number of thioether (sulfide) groups is 1. The van der Waals surface area contributed by atoms with Crippen molar-refractivity contribution in [3.05, 3.63) is 35.9 Å². The lowest BCUT2D eigenvalue weighted by molar-refractivity contribution is -0.118. The van der Waals surface area contributed by atoms with Gasteiger partial charge in [-0.15, -0.1) is 0 Å². The van der Waals surface area contributed by atoms with E-state index in [0.717, 1.165) is 5.56 Å². The minimum atomic E-state index is -0.682. The topological polar surface area (TPSA) is 46.5 Å². The van der Waals surface area contributed by atoms with Crippen LogP contribution in [0.4, 0.5) is 0 Å². The van der Waals surface area contributed by atoms with E-state index in [1.54, 1.807) is 6.92 Å². The van der Waals surface area contributed by atoms with Gasteiger partial charge < -0.3 is 9.84 Å². The molecule has 0 bridgehead atoms. The van der Waals surface area contributed by atoms with Crippen molar-refractivity contribution in [3.63, 3.8) is 0 Å².